The summed E-state index contributed by atoms with van der Waals surface area (Å²) in [6, 6.07) is 10.3. The van der Waals surface area contributed by atoms with E-state index in [9.17, 15) is 8.42 Å². The lowest BCUT2D eigenvalue weighted by Gasteiger charge is -2.09. The number of nitriles is 1. The van der Waals surface area contributed by atoms with Crippen molar-refractivity contribution in [3.63, 3.8) is 0 Å². The molecule has 21 heavy (non-hydrogen) atoms. The van der Waals surface area contributed by atoms with Gasteiger partial charge in [0.15, 0.2) is 0 Å². The molecule has 0 atom stereocenters. The van der Waals surface area contributed by atoms with Gasteiger partial charge in [0, 0.05) is 18.9 Å². The Hall–Kier alpha value is -2.23. The Labute approximate surface area is 124 Å². The number of nitrogens with one attached hydrogen (secondary N) is 1. The topological polar surface area (TPSA) is 82.8 Å². The van der Waals surface area contributed by atoms with E-state index >= 15 is 0 Å². The summed E-state index contributed by atoms with van der Waals surface area (Å²) in [6.07, 6.45) is 3.92. The van der Waals surface area contributed by atoms with E-state index in [1.165, 1.54) is 6.07 Å². The van der Waals surface area contributed by atoms with Crippen molar-refractivity contribution in [3.8, 4) is 6.07 Å². The van der Waals surface area contributed by atoms with Crippen LogP contribution in [0, 0.1) is 18.3 Å². The number of nitrogens with zero attached hydrogens (tertiary/aromatic N) is 2. The third kappa shape index (κ3) is 3.88. The van der Waals surface area contributed by atoms with Crippen molar-refractivity contribution in [1.29, 1.82) is 5.26 Å². The minimum Gasteiger partial charge on any atom is -0.265 e. The van der Waals surface area contributed by atoms with Gasteiger partial charge in [0.25, 0.3) is 0 Å². The SMILES string of the molecule is Cc1ccc(C#N)cc1S(=O)(=O)NCCc1ccncc1. The van der Waals surface area contributed by atoms with E-state index in [1.807, 2.05) is 18.2 Å². The zero-order valence-corrected chi connectivity index (χ0v) is 12.4. The van der Waals surface area contributed by atoms with Gasteiger partial charge < -0.3 is 0 Å². The van der Waals surface area contributed by atoms with E-state index in [0.29, 0.717) is 24.1 Å². The first-order valence-corrected chi connectivity index (χ1v) is 7.90. The van der Waals surface area contributed by atoms with Gasteiger partial charge in [-0.25, -0.2) is 13.1 Å². The Morgan fingerprint density at radius 3 is 2.62 bits per heavy atom. The lowest BCUT2D eigenvalue weighted by atomic mass is 10.2. The van der Waals surface area contributed by atoms with Crippen molar-refractivity contribution in [2.24, 2.45) is 0 Å². The summed E-state index contributed by atoms with van der Waals surface area (Å²) in [7, 11) is -3.61. The molecule has 0 saturated carbocycles. The average Bonchev–Trinajstić information content (AvgIpc) is 2.48. The van der Waals surface area contributed by atoms with Crippen molar-refractivity contribution in [1.82, 2.24) is 9.71 Å². The Bertz CT molecular complexity index is 765. The Morgan fingerprint density at radius 1 is 1.24 bits per heavy atom. The smallest absolute Gasteiger partial charge is 0.240 e. The number of aryl methyl sites for hydroxylation is 1. The molecule has 1 aromatic heterocycles. The van der Waals surface area contributed by atoms with Gasteiger partial charge in [0.1, 0.15) is 0 Å². The molecule has 0 aliphatic rings. The van der Waals surface area contributed by atoms with Gasteiger partial charge in [-0.3, -0.25) is 4.98 Å². The van der Waals surface area contributed by atoms with Gasteiger partial charge in [-0.2, -0.15) is 5.26 Å². The van der Waals surface area contributed by atoms with Gasteiger partial charge in [0.05, 0.1) is 16.5 Å². The van der Waals surface area contributed by atoms with Gasteiger partial charge >= 0.3 is 0 Å². The molecule has 1 heterocycles. The molecule has 2 rings (SSSR count). The maximum absolute atomic E-state index is 12.3. The van der Waals surface area contributed by atoms with Crippen LogP contribution < -0.4 is 4.72 Å². The largest absolute Gasteiger partial charge is 0.265 e. The molecule has 0 aliphatic carbocycles. The molecular formula is C15H15N3O2S. The highest BCUT2D eigenvalue weighted by atomic mass is 32.2. The summed E-state index contributed by atoms with van der Waals surface area (Å²) in [5.74, 6) is 0. The molecule has 0 unspecified atom stereocenters. The molecule has 0 aliphatic heterocycles. The van der Waals surface area contributed by atoms with Crippen LogP contribution in [0.15, 0.2) is 47.6 Å². The Balaban J connectivity index is 2.10. The fraction of sp³-hybridized carbons (Fsp3) is 0.200. The summed E-state index contributed by atoms with van der Waals surface area (Å²) in [5.41, 5.74) is 1.95. The summed E-state index contributed by atoms with van der Waals surface area (Å²) < 4.78 is 27.1. The van der Waals surface area contributed by atoms with E-state index in [1.54, 1.807) is 31.5 Å². The predicted octanol–water partition coefficient (Wildman–Crippen LogP) is 1.78. The van der Waals surface area contributed by atoms with Crippen molar-refractivity contribution >= 4 is 10.0 Å². The molecule has 1 aromatic carbocycles. The summed E-state index contributed by atoms with van der Waals surface area (Å²) in [4.78, 5) is 4.06. The lowest BCUT2D eigenvalue weighted by molar-refractivity contribution is 0.581. The normalized spacial score (nSPS) is 11.0. The van der Waals surface area contributed by atoms with Gasteiger partial charge in [-0.1, -0.05) is 6.07 Å². The standard InChI is InChI=1S/C15H15N3O2S/c1-12-2-3-14(11-16)10-15(12)21(19,20)18-9-6-13-4-7-17-8-5-13/h2-5,7-8,10,18H,6,9H2,1H3. The van der Waals surface area contributed by atoms with E-state index < -0.39 is 10.0 Å². The number of hydrogen-bond acceptors (Lipinski definition) is 4. The molecule has 1 N–H and O–H groups in total. The third-order valence-corrected chi connectivity index (χ3v) is 4.66. The fourth-order valence-corrected chi connectivity index (χ4v) is 3.22. The molecule has 2 aromatic rings. The van der Waals surface area contributed by atoms with Crippen molar-refractivity contribution in [3.05, 3.63) is 59.4 Å². The number of sulfonamides is 1. The second-order valence-electron chi connectivity index (χ2n) is 4.60. The molecule has 108 valence electrons. The number of benzene rings is 1. The lowest BCUT2D eigenvalue weighted by Crippen LogP contribution is -2.26. The quantitative estimate of drug-likeness (QED) is 0.912. The van der Waals surface area contributed by atoms with Gasteiger partial charge in [-0.05, 0) is 48.7 Å². The van der Waals surface area contributed by atoms with Crippen LogP contribution in [0.3, 0.4) is 0 Å². The van der Waals surface area contributed by atoms with Crippen LogP contribution in [0.25, 0.3) is 0 Å². The van der Waals surface area contributed by atoms with Crippen LogP contribution in [-0.2, 0) is 16.4 Å². The predicted molar refractivity (Wildman–Crippen MR) is 79.0 cm³/mol. The second kappa shape index (κ2) is 6.48. The zero-order valence-electron chi connectivity index (χ0n) is 11.6. The van der Waals surface area contributed by atoms with Crippen LogP contribution in [0.4, 0.5) is 0 Å². The first-order valence-electron chi connectivity index (χ1n) is 6.42. The fourth-order valence-electron chi connectivity index (χ4n) is 1.92. The molecule has 0 fully saturated rings. The Morgan fingerprint density at radius 2 is 1.95 bits per heavy atom. The maximum Gasteiger partial charge on any atom is 0.240 e. The maximum atomic E-state index is 12.3. The van der Waals surface area contributed by atoms with Crippen LogP contribution in [0.1, 0.15) is 16.7 Å². The summed E-state index contributed by atoms with van der Waals surface area (Å²) in [5, 5.41) is 8.87. The number of rotatable bonds is 5. The van der Waals surface area contributed by atoms with Gasteiger partial charge in [0.2, 0.25) is 10.0 Å². The minimum atomic E-state index is -3.61. The summed E-state index contributed by atoms with van der Waals surface area (Å²) in [6.45, 7) is 2.00. The van der Waals surface area contributed by atoms with E-state index in [4.69, 9.17) is 5.26 Å². The molecule has 0 saturated heterocycles. The van der Waals surface area contributed by atoms with Crippen LogP contribution in [0.5, 0.6) is 0 Å². The first-order chi connectivity index (χ1) is 10.0. The Kier molecular flexibility index (Phi) is 4.68. The van der Waals surface area contributed by atoms with Crippen molar-refractivity contribution in [2.45, 2.75) is 18.2 Å². The first kappa shape index (κ1) is 15.2. The molecule has 6 heteroatoms. The minimum absolute atomic E-state index is 0.149. The number of aromatic nitrogens is 1. The van der Waals surface area contributed by atoms with E-state index in [0.717, 1.165) is 5.56 Å². The van der Waals surface area contributed by atoms with Crippen molar-refractivity contribution < 1.29 is 8.42 Å². The molecule has 0 spiro atoms. The number of hydrogen-bond donors (Lipinski definition) is 1. The zero-order chi connectivity index (χ0) is 15.3. The van der Waals surface area contributed by atoms with Crippen molar-refractivity contribution in [2.75, 3.05) is 6.54 Å². The van der Waals surface area contributed by atoms with Crippen LogP contribution >= 0.6 is 0 Å². The van der Waals surface area contributed by atoms with E-state index in [-0.39, 0.29) is 4.90 Å². The highest BCUT2D eigenvalue weighted by molar-refractivity contribution is 7.89. The monoisotopic (exact) mass is 301 g/mol. The van der Waals surface area contributed by atoms with Gasteiger partial charge in [-0.15, -0.1) is 0 Å². The average molecular weight is 301 g/mol. The van der Waals surface area contributed by atoms with E-state index in [2.05, 4.69) is 9.71 Å². The van der Waals surface area contributed by atoms with Crippen LogP contribution in [-0.4, -0.2) is 19.9 Å². The molecule has 5 nitrogen and oxygen atoms in total. The summed E-state index contributed by atoms with van der Waals surface area (Å²) >= 11 is 0. The molecule has 0 radical (unpaired) electrons. The third-order valence-electron chi connectivity index (χ3n) is 3.06. The highest BCUT2D eigenvalue weighted by Gasteiger charge is 2.16. The highest BCUT2D eigenvalue weighted by Crippen LogP contribution is 2.16. The second-order valence-corrected chi connectivity index (χ2v) is 6.33. The number of pyridine rings is 1. The van der Waals surface area contributed by atoms with Crippen LogP contribution in [0.2, 0.25) is 0 Å². The molecule has 0 bridgehead atoms. The molecular weight excluding hydrogens is 286 g/mol. The molecule has 0 amide bonds.